The maximum absolute atomic E-state index is 12.6. The number of nitrogens with one attached hydrogen (secondary N) is 1. The van der Waals surface area contributed by atoms with Crippen molar-refractivity contribution in [3.63, 3.8) is 0 Å². The molecular weight excluding hydrogens is 330 g/mol. The summed E-state index contributed by atoms with van der Waals surface area (Å²) in [5.74, 6) is -0.119. The second kappa shape index (κ2) is 6.57. The predicted octanol–water partition coefficient (Wildman–Crippen LogP) is 2.02. The lowest BCUT2D eigenvalue weighted by Crippen LogP contribution is -2.37. The molecule has 0 bridgehead atoms. The SMILES string of the molecule is Cc1cc2ncn(Cc3cc(C(=O)N4CCC[C@H]4CO)n[nH]3)c2cc1C. The number of carbonyl (C=O) groups excluding carboxylic acids is 1. The Bertz CT molecular complexity index is 958. The van der Waals surface area contributed by atoms with E-state index in [1.54, 1.807) is 11.0 Å². The Morgan fingerprint density at radius 3 is 2.92 bits per heavy atom. The van der Waals surface area contributed by atoms with Crippen molar-refractivity contribution in [1.29, 1.82) is 0 Å². The molecule has 1 aliphatic heterocycles. The van der Waals surface area contributed by atoms with E-state index in [2.05, 4.69) is 45.7 Å². The number of aliphatic hydroxyl groups is 1. The summed E-state index contributed by atoms with van der Waals surface area (Å²) in [7, 11) is 0. The first-order valence-electron chi connectivity index (χ1n) is 8.95. The van der Waals surface area contributed by atoms with E-state index in [0.717, 1.165) is 29.6 Å². The lowest BCUT2D eigenvalue weighted by Gasteiger charge is -2.21. The number of aromatic amines is 1. The average Bonchev–Trinajstić information content (AvgIpc) is 3.36. The molecule has 2 aromatic heterocycles. The summed E-state index contributed by atoms with van der Waals surface area (Å²) in [5.41, 5.74) is 5.73. The third kappa shape index (κ3) is 2.88. The smallest absolute Gasteiger partial charge is 0.274 e. The van der Waals surface area contributed by atoms with Crippen LogP contribution in [-0.2, 0) is 6.54 Å². The Kier molecular flexibility index (Phi) is 4.24. The standard InChI is InChI=1S/C19H23N5O2/c1-12-6-16-18(7-13(12)2)23(11-20-16)9-14-8-17(22-21-14)19(26)24-5-3-4-15(24)10-25/h6-8,11,15,25H,3-5,9-10H2,1-2H3,(H,21,22)/t15-/m0/s1. The molecule has 1 saturated heterocycles. The first-order chi connectivity index (χ1) is 12.6. The fourth-order valence-electron chi connectivity index (χ4n) is 3.61. The zero-order valence-electron chi connectivity index (χ0n) is 15.1. The highest BCUT2D eigenvalue weighted by atomic mass is 16.3. The molecule has 3 heterocycles. The van der Waals surface area contributed by atoms with Crippen molar-refractivity contribution in [1.82, 2.24) is 24.6 Å². The Balaban J connectivity index is 1.56. The zero-order valence-corrected chi connectivity index (χ0v) is 15.1. The van der Waals surface area contributed by atoms with E-state index >= 15 is 0 Å². The highest BCUT2D eigenvalue weighted by Gasteiger charge is 2.30. The number of H-pyrrole nitrogens is 1. The number of hydrogen-bond donors (Lipinski definition) is 2. The van der Waals surface area contributed by atoms with E-state index in [1.807, 2.05) is 6.33 Å². The molecule has 1 atom stereocenters. The summed E-state index contributed by atoms with van der Waals surface area (Å²) in [6.45, 7) is 5.42. The fourth-order valence-corrected chi connectivity index (χ4v) is 3.61. The van der Waals surface area contributed by atoms with Gasteiger partial charge in [-0.2, -0.15) is 5.10 Å². The highest BCUT2D eigenvalue weighted by molar-refractivity contribution is 5.92. The van der Waals surface area contributed by atoms with Crippen LogP contribution in [0.1, 0.15) is 40.2 Å². The van der Waals surface area contributed by atoms with Crippen LogP contribution >= 0.6 is 0 Å². The van der Waals surface area contributed by atoms with Crippen molar-refractivity contribution >= 4 is 16.9 Å². The summed E-state index contributed by atoms with van der Waals surface area (Å²) in [6.07, 6.45) is 3.58. The molecule has 1 amide bonds. The molecule has 26 heavy (non-hydrogen) atoms. The molecule has 3 aromatic rings. The first kappa shape index (κ1) is 16.8. The predicted molar refractivity (Wildman–Crippen MR) is 98.0 cm³/mol. The van der Waals surface area contributed by atoms with Gasteiger partial charge in [-0.15, -0.1) is 0 Å². The zero-order chi connectivity index (χ0) is 18.3. The van der Waals surface area contributed by atoms with Gasteiger partial charge in [0, 0.05) is 6.54 Å². The van der Waals surface area contributed by atoms with Gasteiger partial charge in [0.15, 0.2) is 0 Å². The van der Waals surface area contributed by atoms with E-state index in [4.69, 9.17) is 0 Å². The van der Waals surface area contributed by atoms with E-state index < -0.39 is 0 Å². The number of aliphatic hydroxyl groups excluding tert-OH is 1. The number of likely N-dealkylation sites (tertiary alicyclic amines) is 1. The van der Waals surface area contributed by atoms with Crippen molar-refractivity contribution in [2.45, 2.75) is 39.3 Å². The molecule has 0 radical (unpaired) electrons. The molecule has 2 N–H and O–H groups in total. The maximum Gasteiger partial charge on any atom is 0.274 e. The molecule has 4 rings (SSSR count). The number of aromatic nitrogens is 4. The number of amides is 1. The Morgan fingerprint density at radius 1 is 1.31 bits per heavy atom. The van der Waals surface area contributed by atoms with Crippen molar-refractivity contribution < 1.29 is 9.90 Å². The molecule has 1 aliphatic rings. The molecule has 1 aromatic carbocycles. The van der Waals surface area contributed by atoms with Gasteiger partial charge < -0.3 is 14.6 Å². The third-order valence-electron chi connectivity index (χ3n) is 5.28. The minimum absolute atomic E-state index is 0.00279. The summed E-state index contributed by atoms with van der Waals surface area (Å²) in [4.78, 5) is 18.8. The van der Waals surface area contributed by atoms with Crippen LogP contribution in [0.25, 0.3) is 11.0 Å². The Morgan fingerprint density at radius 2 is 2.12 bits per heavy atom. The first-order valence-corrected chi connectivity index (χ1v) is 8.95. The fraction of sp³-hybridized carbons (Fsp3) is 0.421. The van der Waals surface area contributed by atoms with Gasteiger partial charge in [0.05, 0.1) is 42.2 Å². The molecule has 0 unspecified atom stereocenters. The van der Waals surface area contributed by atoms with Crippen LogP contribution in [0, 0.1) is 13.8 Å². The molecule has 7 heteroatoms. The van der Waals surface area contributed by atoms with Crippen LogP contribution in [-0.4, -0.2) is 54.9 Å². The van der Waals surface area contributed by atoms with Crippen molar-refractivity contribution in [2.24, 2.45) is 0 Å². The maximum atomic E-state index is 12.6. The largest absolute Gasteiger partial charge is 0.394 e. The number of fused-ring (bicyclic) bond motifs is 1. The lowest BCUT2D eigenvalue weighted by molar-refractivity contribution is 0.0671. The van der Waals surface area contributed by atoms with Gasteiger partial charge in [-0.25, -0.2) is 4.98 Å². The topological polar surface area (TPSA) is 87.0 Å². The Hall–Kier alpha value is -2.67. The van der Waals surface area contributed by atoms with Gasteiger partial charge in [-0.3, -0.25) is 9.89 Å². The van der Waals surface area contributed by atoms with E-state index in [0.29, 0.717) is 18.8 Å². The summed E-state index contributed by atoms with van der Waals surface area (Å²) >= 11 is 0. The minimum atomic E-state index is -0.119. The van der Waals surface area contributed by atoms with Gasteiger partial charge in [0.1, 0.15) is 5.69 Å². The molecule has 1 fully saturated rings. The van der Waals surface area contributed by atoms with Crippen LogP contribution in [0.2, 0.25) is 0 Å². The number of nitrogens with zero attached hydrogens (tertiary/aromatic N) is 4. The van der Waals surface area contributed by atoms with Gasteiger partial charge in [-0.05, 0) is 56.0 Å². The minimum Gasteiger partial charge on any atom is -0.394 e. The van der Waals surface area contributed by atoms with Gasteiger partial charge in [0.25, 0.3) is 5.91 Å². The highest BCUT2D eigenvalue weighted by Crippen LogP contribution is 2.21. The second-order valence-electron chi connectivity index (χ2n) is 7.05. The second-order valence-corrected chi connectivity index (χ2v) is 7.05. The quantitative estimate of drug-likeness (QED) is 0.751. The van der Waals surface area contributed by atoms with Crippen LogP contribution < -0.4 is 0 Å². The summed E-state index contributed by atoms with van der Waals surface area (Å²) in [6, 6.07) is 5.93. The number of aryl methyl sites for hydroxylation is 2. The monoisotopic (exact) mass is 353 g/mol. The summed E-state index contributed by atoms with van der Waals surface area (Å²) in [5, 5.41) is 16.6. The van der Waals surface area contributed by atoms with E-state index in [9.17, 15) is 9.90 Å². The molecule has 0 aliphatic carbocycles. The average molecular weight is 353 g/mol. The Labute approximate surface area is 151 Å². The number of hydrogen-bond acceptors (Lipinski definition) is 4. The van der Waals surface area contributed by atoms with Crippen LogP contribution in [0.3, 0.4) is 0 Å². The number of imidazole rings is 1. The van der Waals surface area contributed by atoms with E-state index in [-0.39, 0.29) is 18.6 Å². The normalized spacial score (nSPS) is 17.3. The van der Waals surface area contributed by atoms with Crippen LogP contribution in [0.4, 0.5) is 0 Å². The summed E-state index contributed by atoms with van der Waals surface area (Å²) < 4.78 is 2.05. The number of rotatable bonds is 4. The van der Waals surface area contributed by atoms with Gasteiger partial charge in [-0.1, -0.05) is 0 Å². The molecule has 0 spiro atoms. The van der Waals surface area contributed by atoms with Gasteiger partial charge >= 0.3 is 0 Å². The van der Waals surface area contributed by atoms with Gasteiger partial charge in [0.2, 0.25) is 0 Å². The van der Waals surface area contributed by atoms with Crippen molar-refractivity contribution in [3.8, 4) is 0 Å². The van der Waals surface area contributed by atoms with Crippen molar-refractivity contribution in [2.75, 3.05) is 13.2 Å². The third-order valence-corrected chi connectivity index (χ3v) is 5.28. The number of carbonyl (C=O) groups is 1. The van der Waals surface area contributed by atoms with Crippen LogP contribution in [0.5, 0.6) is 0 Å². The molecular formula is C19H23N5O2. The molecule has 7 nitrogen and oxygen atoms in total. The lowest BCUT2D eigenvalue weighted by atomic mass is 10.1. The molecule has 0 saturated carbocycles. The molecule has 136 valence electrons. The van der Waals surface area contributed by atoms with E-state index in [1.165, 1.54) is 11.1 Å². The number of benzene rings is 1. The van der Waals surface area contributed by atoms with Crippen molar-refractivity contribution in [3.05, 3.63) is 47.0 Å². The van der Waals surface area contributed by atoms with Crippen LogP contribution in [0.15, 0.2) is 24.5 Å².